The highest BCUT2D eigenvalue weighted by atomic mass is 35.5. The molecule has 1 aromatic carbocycles. The molecule has 2 aliphatic carbocycles. The van der Waals surface area contributed by atoms with E-state index in [0.29, 0.717) is 6.04 Å². The maximum absolute atomic E-state index is 6.28. The second-order valence-electron chi connectivity index (χ2n) is 7.01. The van der Waals surface area contributed by atoms with Crippen LogP contribution >= 0.6 is 11.6 Å². The summed E-state index contributed by atoms with van der Waals surface area (Å²) in [5.74, 6) is 1.83. The van der Waals surface area contributed by atoms with Crippen molar-refractivity contribution in [1.82, 2.24) is 0 Å². The molecule has 1 N–H and O–H groups in total. The van der Waals surface area contributed by atoms with Crippen LogP contribution in [0.2, 0.25) is 5.02 Å². The summed E-state index contributed by atoms with van der Waals surface area (Å²) in [6.45, 7) is 2.13. The Kier molecular flexibility index (Phi) is 5.11. The van der Waals surface area contributed by atoms with Crippen LogP contribution in [0.15, 0.2) is 18.2 Å². The predicted molar refractivity (Wildman–Crippen MR) is 92.1 cm³/mol. The molecule has 0 radical (unpaired) electrons. The van der Waals surface area contributed by atoms with Gasteiger partial charge in [0, 0.05) is 16.8 Å². The summed E-state index contributed by atoms with van der Waals surface area (Å²) in [5, 5.41) is 4.73. The van der Waals surface area contributed by atoms with Crippen molar-refractivity contribution in [3.05, 3.63) is 28.8 Å². The fourth-order valence-corrected chi connectivity index (χ4v) is 4.60. The monoisotopic (exact) mass is 305 g/mol. The third kappa shape index (κ3) is 3.56. The van der Waals surface area contributed by atoms with Crippen LogP contribution in [0.3, 0.4) is 0 Å². The van der Waals surface area contributed by atoms with Crippen molar-refractivity contribution in [3.63, 3.8) is 0 Å². The fraction of sp³-hybridized carbons (Fsp3) is 0.684. The molecule has 21 heavy (non-hydrogen) atoms. The fourth-order valence-electron chi connectivity index (χ4n) is 4.43. The zero-order chi connectivity index (χ0) is 14.7. The average Bonchev–Trinajstić information content (AvgIpc) is 2.53. The summed E-state index contributed by atoms with van der Waals surface area (Å²) < 4.78 is 0. The van der Waals surface area contributed by atoms with Crippen molar-refractivity contribution in [3.8, 4) is 0 Å². The summed E-state index contributed by atoms with van der Waals surface area (Å²) in [6.07, 6.45) is 12.8. The normalized spacial score (nSPS) is 27.5. The van der Waals surface area contributed by atoms with E-state index in [1.54, 1.807) is 0 Å². The van der Waals surface area contributed by atoms with E-state index in [0.717, 1.165) is 16.9 Å². The highest BCUT2D eigenvalue weighted by molar-refractivity contribution is 6.31. The Morgan fingerprint density at radius 1 is 0.952 bits per heavy atom. The van der Waals surface area contributed by atoms with E-state index in [1.807, 2.05) is 6.07 Å². The Morgan fingerprint density at radius 3 is 2.48 bits per heavy atom. The standard InChI is InChI=1S/C19H28ClN/c1-14-17(20)11-7-13-18(14)21-19-12-6-5-10-16(19)15-8-3-2-4-9-15/h7,11,13,15-16,19,21H,2-6,8-10,12H2,1H3. The first kappa shape index (κ1) is 15.2. The molecular weight excluding hydrogens is 278 g/mol. The van der Waals surface area contributed by atoms with Gasteiger partial charge in [0.05, 0.1) is 0 Å². The maximum atomic E-state index is 6.28. The molecular formula is C19H28ClN. The van der Waals surface area contributed by atoms with E-state index >= 15 is 0 Å². The van der Waals surface area contributed by atoms with Crippen molar-refractivity contribution < 1.29 is 0 Å². The summed E-state index contributed by atoms with van der Waals surface area (Å²) in [5.41, 5.74) is 2.45. The molecule has 2 fully saturated rings. The molecule has 2 heteroatoms. The molecule has 2 atom stereocenters. The number of benzene rings is 1. The van der Waals surface area contributed by atoms with Crippen LogP contribution in [0.1, 0.15) is 63.4 Å². The molecule has 0 aromatic heterocycles. The van der Waals surface area contributed by atoms with Gasteiger partial charge in [-0.15, -0.1) is 0 Å². The Labute approximate surface area is 134 Å². The van der Waals surface area contributed by atoms with Gasteiger partial charge >= 0.3 is 0 Å². The summed E-state index contributed by atoms with van der Waals surface area (Å²) in [7, 11) is 0. The van der Waals surface area contributed by atoms with Crippen molar-refractivity contribution in [1.29, 1.82) is 0 Å². The molecule has 0 amide bonds. The first-order valence-electron chi connectivity index (χ1n) is 8.77. The summed E-state index contributed by atoms with van der Waals surface area (Å²) >= 11 is 6.28. The second-order valence-corrected chi connectivity index (χ2v) is 7.42. The number of rotatable bonds is 3. The zero-order valence-electron chi connectivity index (χ0n) is 13.2. The van der Waals surface area contributed by atoms with Crippen molar-refractivity contribution in [2.45, 2.75) is 70.8 Å². The van der Waals surface area contributed by atoms with Gasteiger partial charge in [-0.25, -0.2) is 0 Å². The molecule has 2 saturated carbocycles. The Hall–Kier alpha value is -0.690. The number of anilines is 1. The van der Waals surface area contributed by atoms with E-state index in [1.165, 1.54) is 69.0 Å². The molecule has 1 aromatic rings. The van der Waals surface area contributed by atoms with Gasteiger partial charge in [0.1, 0.15) is 0 Å². The van der Waals surface area contributed by atoms with Gasteiger partial charge in [-0.3, -0.25) is 0 Å². The lowest BCUT2D eigenvalue weighted by atomic mass is 9.71. The van der Waals surface area contributed by atoms with Crippen molar-refractivity contribution >= 4 is 17.3 Å². The Morgan fingerprint density at radius 2 is 1.67 bits per heavy atom. The lowest BCUT2D eigenvalue weighted by Crippen LogP contribution is -2.37. The van der Waals surface area contributed by atoms with Crippen molar-refractivity contribution in [2.75, 3.05) is 5.32 Å². The highest BCUT2D eigenvalue weighted by Crippen LogP contribution is 2.40. The molecule has 0 saturated heterocycles. The molecule has 0 bridgehead atoms. The first-order valence-corrected chi connectivity index (χ1v) is 9.15. The molecule has 2 unspecified atom stereocenters. The van der Waals surface area contributed by atoms with Gasteiger partial charge in [-0.05, 0) is 49.3 Å². The van der Waals surface area contributed by atoms with Crippen LogP contribution in [0.4, 0.5) is 5.69 Å². The van der Waals surface area contributed by atoms with Gasteiger partial charge in [-0.1, -0.05) is 62.6 Å². The second kappa shape index (κ2) is 7.05. The number of halogens is 1. The summed E-state index contributed by atoms with van der Waals surface area (Å²) in [4.78, 5) is 0. The van der Waals surface area contributed by atoms with E-state index in [-0.39, 0.29) is 0 Å². The Bertz CT molecular complexity index is 465. The minimum Gasteiger partial charge on any atom is -0.382 e. The van der Waals surface area contributed by atoms with Crippen LogP contribution in [-0.4, -0.2) is 6.04 Å². The SMILES string of the molecule is Cc1c(Cl)cccc1NC1CCCCC1C1CCCCC1. The number of nitrogens with one attached hydrogen (secondary N) is 1. The first-order chi connectivity index (χ1) is 10.3. The number of hydrogen-bond acceptors (Lipinski definition) is 1. The van der Waals surface area contributed by atoms with Gasteiger partial charge in [0.25, 0.3) is 0 Å². The van der Waals surface area contributed by atoms with Crippen LogP contribution in [0.25, 0.3) is 0 Å². The highest BCUT2D eigenvalue weighted by Gasteiger charge is 2.32. The smallest absolute Gasteiger partial charge is 0.0455 e. The molecule has 2 aliphatic rings. The Balaban J connectivity index is 1.73. The van der Waals surface area contributed by atoms with Crippen LogP contribution in [-0.2, 0) is 0 Å². The van der Waals surface area contributed by atoms with Crippen LogP contribution in [0.5, 0.6) is 0 Å². The minimum absolute atomic E-state index is 0.652. The largest absolute Gasteiger partial charge is 0.382 e. The van der Waals surface area contributed by atoms with Gasteiger partial charge in [0.15, 0.2) is 0 Å². The van der Waals surface area contributed by atoms with Crippen LogP contribution in [0, 0.1) is 18.8 Å². The molecule has 3 rings (SSSR count). The van der Waals surface area contributed by atoms with E-state index in [9.17, 15) is 0 Å². The third-order valence-electron chi connectivity index (χ3n) is 5.68. The van der Waals surface area contributed by atoms with Gasteiger partial charge in [-0.2, -0.15) is 0 Å². The van der Waals surface area contributed by atoms with Gasteiger partial charge in [0.2, 0.25) is 0 Å². The van der Waals surface area contributed by atoms with Crippen LogP contribution < -0.4 is 5.32 Å². The quantitative estimate of drug-likeness (QED) is 0.701. The molecule has 0 aliphatic heterocycles. The topological polar surface area (TPSA) is 12.0 Å². The molecule has 0 spiro atoms. The summed E-state index contributed by atoms with van der Waals surface area (Å²) in [6, 6.07) is 6.89. The molecule has 1 nitrogen and oxygen atoms in total. The maximum Gasteiger partial charge on any atom is 0.0455 e. The molecule has 0 heterocycles. The lowest BCUT2D eigenvalue weighted by Gasteiger charge is -2.40. The molecule has 116 valence electrons. The van der Waals surface area contributed by atoms with E-state index < -0.39 is 0 Å². The third-order valence-corrected chi connectivity index (χ3v) is 6.09. The average molecular weight is 306 g/mol. The lowest BCUT2D eigenvalue weighted by molar-refractivity contribution is 0.180. The predicted octanol–water partition coefficient (Wildman–Crippen LogP) is 6.20. The van der Waals surface area contributed by atoms with Crippen molar-refractivity contribution in [2.24, 2.45) is 11.8 Å². The van der Waals surface area contributed by atoms with Gasteiger partial charge < -0.3 is 5.32 Å². The van der Waals surface area contributed by atoms with E-state index in [2.05, 4.69) is 24.4 Å². The van der Waals surface area contributed by atoms with E-state index in [4.69, 9.17) is 11.6 Å². The number of hydrogen-bond donors (Lipinski definition) is 1. The minimum atomic E-state index is 0.652. The zero-order valence-corrected chi connectivity index (χ0v) is 14.0.